The van der Waals surface area contributed by atoms with E-state index in [-0.39, 0.29) is 11.9 Å². The maximum Gasteiger partial charge on any atom is 0.254 e. The highest BCUT2D eigenvalue weighted by Crippen LogP contribution is 2.22. The molecule has 0 saturated carbocycles. The van der Waals surface area contributed by atoms with Crippen molar-refractivity contribution >= 4 is 11.6 Å². The van der Waals surface area contributed by atoms with Crippen LogP contribution >= 0.6 is 0 Å². The molecule has 1 atom stereocenters. The minimum Gasteiger partial charge on any atom is -0.399 e. The van der Waals surface area contributed by atoms with Gasteiger partial charge in [-0.3, -0.25) is 9.48 Å². The second kappa shape index (κ2) is 10.0. The van der Waals surface area contributed by atoms with Gasteiger partial charge >= 0.3 is 0 Å². The first kappa shape index (κ1) is 20.8. The largest absolute Gasteiger partial charge is 0.399 e. The van der Waals surface area contributed by atoms with E-state index in [1.54, 1.807) is 6.20 Å². The molecule has 31 heavy (non-hydrogen) atoms. The van der Waals surface area contributed by atoms with Gasteiger partial charge in [0.1, 0.15) is 7.11 Å². The number of carbonyl (C=O) groups is 1. The molecule has 1 saturated heterocycles. The first-order chi connectivity index (χ1) is 15.2. The molecule has 0 aliphatic carbocycles. The third-order valence-corrected chi connectivity index (χ3v) is 5.44. The number of nitrogens with one attached hydrogen (secondary N) is 1. The molecule has 2 heterocycles. The third-order valence-electron chi connectivity index (χ3n) is 5.44. The molecular formula is C24H27N5O2. The molecule has 0 bridgehead atoms. The minimum atomic E-state index is 0.0137. The van der Waals surface area contributed by atoms with Crippen molar-refractivity contribution in [1.82, 2.24) is 20.0 Å². The quantitative estimate of drug-likeness (QED) is 0.452. The Morgan fingerprint density at radius 1 is 1.13 bits per heavy atom. The van der Waals surface area contributed by atoms with E-state index < -0.39 is 0 Å². The van der Waals surface area contributed by atoms with E-state index in [0.29, 0.717) is 25.1 Å². The van der Waals surface area contributed by atoms with Gasteiger partial charge in [-0.15, -0.1) is 0 Å². The zero-order valence-corrected chi connectivity index (χ0v) is 17.6. The number of carbonyl (C=O) groups excluding carboxylic acids is 1. The Morgan fingerprint density at radius 3 is 2.61 bits per heavy atom. The standard InChI is InChI=1S/C24H27N5O2/c1-31-27-22-16-23(17-25-13-15-28-14-5-12-26-28)29(18-22)24(30)21-10-8-20(9-11-21)19-6-3-2-4-7-19/h2-12,14,23,25H,13,15-18H2,1H3. The van der Waals surface area contributed by atoms with Gasteiger partial charge in [-0.1, -0.05) is 47.6 Å². The Hall–Kier alpha value is -3.45. The smallest absolute Gasteiger partial charge is 0.254 e. The third kappa shape index (κ3) is 5.19. The lowest BCUT2D eigenvalue weighted by molar-refractivity contribution is 0.0739. The van der Waals surface area contributed by atoms with Crippen LogP contribution in [-0.4, -0.2) is 59.1 Å². The minimum absolute atomic E-state index is 0.0137. The number of nitrogens with zero attached hydrogens (tertiary/aromatic N) is 4. The maximum absolute atomic E-state index is 13.3. The zero-order valence-electron chi connectivity index (χ0n) is 17.6. The highest BCUT2D eigenvalue weighted by Gasteiger charge is 2.33. The van der Waals surface area contributed by atoms with Gasteiger partial charge in [0.05, 0.1) is 24.8 Å². The average molecular weight is 418 g/mol. The van der Waals surface area contributed by atoms with Crippen molar-refractivity contribution in [3.8, 4) is 11.1 Å². The Bertz CT molecular complexity index is 1000. The molecule has 3 aromatic rings. The van der Waals surface area contributed by atoms with Crippen LogP contribution in [0.25, 0.3) is 11.1 Å². The topological polar surface area (TPSA) is 71.8 Å². The molecule has 1 N–H and O–H groups in total. The summed E-state index contributed by atoms with van der Waals surface area (Å²) < 4.78 is 1.89. The predicted octanol–water partition coefficient (Wildman–Crippen LogP) is 3.06. The van der Waals surface area contributed by atoms with Crippen LogP contribution in [0.2, 0.25) is 0 Å². The zero-order chi connectivity index (χ0) is 21.5. The van der Waals surface area contributed by atoms with E-state index in [9.17, 15) is 4.79 Å². The molecule has 1 unspecified atom stereocenters. The van der Waals surface area contributed by atoms with Gasteiger partial charge in [0.2, 0.25) is 0 Å². The van der Waals surface area contributed by atoms with Crippen molar-refractivity contribution in [1.29, 1.82) is 0 Å². The lowest BCUT2D eigenvalue weighted by atomic mass is 10.0. The van der Waals surface area contributed by atoms with Crippen molar-refractivity contribution < 1.29 is 9.63 Å². The first-order valence-electron chi connectivity index (χ1n) is 10.5. The molecule has 4 rings (SSSR count). The van der Waals surface area contributed by atoms with Gasteiger partial charge in [0.25, 0.3) is 5.91 Å². The molecule has 1 aromatic heterocycles. The van der Waals surface area contributed by atoms with Crippen LogP contribution in [0.1, 0.15) is 16.8 Å². The van der Waals surface area contributed by atoms with Gasteiger partial charge in [0.15, 0.2) is 0 Å². The molecule has 2 aromatic carbocycles. The summed E-state index contributed by atoms with van der Waals surface area (Å²) >= 11 is 0. The number of oxime groups is 1. The number of hydrogen-bond acceptors (Lipinski definition) is 5. The summed E-state index contributed by atoms with van der Waals surface area (Å²) in [5.74, 6) is 0.0137. The fraction of sp³-hybridized carbons (Fsp3) is 0.292. The van der Waals surface area contributed by atoms with Crippen LogP contribution in [-0.2, 0) is 11.4 Å². The second-order valence-corrected chi connectivity index (χ2v) is 7.55. The number of likely N-dealkylation sites (tertiary alicyclic amines) is 1. The van der Waals surface area contributed by atoms with Crippen LogP contribution < -0.4 is 5.32 Å². The van der Waals surface area contributed by atoms with Crippen LogP contribution in [0.5, 0.6) is 0 Å². The molecule has 1 fully saturated rings. The monoisotopic (exact) mass is 417 g/mol. The van der Waals surface area contributed by atoms with Crippen LogP contribution in [0.15, 0.2) is 78.2 Å². The van der Waals surface area contributed by atoms with Gasteiger partial charge < -0.3 is 15.1 Å². The maximum atomic E-state index is 13.3. The fourth-order valence-electron chi connectivity index (χ4n) is 3.88. The Balaban J connectivity index is 1.41. The van der Waals surface area contributed by atoms with Crippen molar-refractivity contribution in [2.45, 2.75) is 19.0 Å². The van der Waals surface area contributed by atoms with Crippen LogP contribution in [0.3, 0.4) is 0 Å². The molecule has 7 nitrogen and oxygen atoms in total. The van der Waals surface area contributed by atoms with Crippen molar-refractivity contribution in [2.75, 3.05) is 26.7 Å². The molecule has 160 valence electrons. The summed E-state index contributed by atoms with van der Waals surface area (Å²) in [6.45, 7) is 2.74. The molecule has 1 amide bonds. The van der Waals surface area contributed by atoms with Crippen LogP contribution in [0.4, 0.5) is 0 Å². The highest BCUT2D eigenvalue weighted by atomic mass is 16.6. The van der Waals surface area contributed by atoms with Gasteiger partial charge in [0, 0.05) is 37.5 Å². The van der Waals surface area contributed by atoms with Crippen molar-refractivity contribution in [3.05, 3.63) is 78.6 Å². The SMILES string of the molecule is CON=C1CC(CNCCn2cccn2)N(C(=O)c2ccc(-c3ccccc3)cc2)C1. The van der Waals surface area contributed by atoms with E-state index >= 15 is 0 Å². The van der Waals surface area contributed by atoms with Gasteiger partial charge in [-0.2, -0.15) is 5.10 Å². The number of hydrogen-bond donors (Lipinski definition) is 1. The molecule has 0 spiro atoms. The molecule has 0 radical (unpaired) electrons. The van der Waals surface area contributed by atoms with E-state index in [4.69, 9.17) is 4.84 Å². The lowest BCUT2D eigenvalue weighted by Crippen LogP contribution is -2.42. The normalized spacial score (nSPS) is 17.3. The summed E-state index contributed by atoms with van der Waals surface area (Å²) in [4.78, 5) is 20.1. The Morgan fingerprint density at radius 2 is 1.90 bits per heavy atom. The van der Waals surface area contributed by atoms with E-state index in [0.717, 1.165) is 29.9 Å². The second-order valence-electron chi connectivity index (χ2n) is 7.55. The van der Waals surface area contributed by atoms with Gasteiger partial charge in [-0.25, -0.2) is 0 Å². The van der Waals surface area contributed by atoms with Crippen LogP contribution in [0, 0.1) is 0 Å². The summed E-state index contributed by atoms with van der Waals surface area (Å²) in [6.07, 6.45) is 4.42. The number of amides is 1. The molecule has 7 heteroatoms. The summed E-state index contributed by atoms with van der Waals surface area (Å²) in [5, 5.41) is 11.8. The summed E-state index contributed by atoms with van der Waals surface area (Å²) in [5.41, 5.74) is 3.80. The molecular weight excluding hydrogens is 390 g/mol. The molecule has 1 aliphatic heterocycles. The number of rotatable bonds is 8. The van der Waals surface area contributed by atoms with E-state index in [1.807, 2.05) is 64.3 Å². The summed E-state index contributed by atoms with van der Waals surface area (Å²) in [7, 11) is 1.54. The highest BCUT2D eigenvalue weighted by molar-refractivity contribution is 6.00. The lowest BCUT2D eigenvalue weighted by Gasteiger charge is -2.24. The predicted molar refractivity (Wildman–Crippen MR) is 121 cm³/mol. The Kier molecular flexibility index (Phi) is 6.74. The van der Waals surface area contributed by atoms with E-state index in [1.165, 1.54) is 7.11 Å². The van der Waals surface area contributed by atoms with Gasteiger partial charge in [-0.05, 0) is 29.3 Å². The fourth-order valence-corrected chi connectivity index (χ4v) is 3.88. The number of benzene rings is 2. The Labute approximate surface area is 182 Å². The van der Waals surface area contributed by atoms with Crippen molar-refractivity contribution in [2.24, 2.45) is 5.16 Å². The van der Waals surface area contributed by atoms with Crippen molar-refractivity contribution in [3.63, 3.8) is 0 Å². The molecule has 1 aliphatic rings. The first-order valence-corrected chi connectivity index (χ1v) is 10.5. The number of aromatic nitrogens is 2. The van der Waals surface area contributed by atoms with E-state index in [2.05, 4.69) is 27.7 Å². The average Bonchev–Trinajstić information content (AvgIpc) is 3.47. The summed E-state index contributed by atoms with van der Waals surface area (Å²) in [6, 6.07) is 19.9.